The van der Waals surface area contributed by atoms with Crippen LogP contribution in [-0.4, -0.2) is 5.91 Å². The van der Waals surface area contributed by atoms with E-state index in [-0.39, 0.29) is 11.8 Å². The molecule has 1 amide bonds. The van der Waals surface area contributed by atoms with Crippen LogP contribution in [0.3, 0.4) is 0 Å². The third-order valence-corrected chi connectivity index (χ3v) is 2.75. The number of carbonyl (C=O) groups excluding carboxylic acids is 1. The molecular formula is C12H15NO. The van der Waals surface area contributed by atoms with Crippen LogP contribution < -0.4 is 5.32 Å². The van der Waals surface area contributed by atoms with E-state index in [9.17, 15) is 4.79 Å². The fourth-order valence-electron chi connectivity index (χ4n) is 2.07. The lowest BCUT2D eigenvalue weighted by molar-refractivity contribution is -0.117. The first-order valence-electron chi connectivity index (χ1n) is 5.01. The summed E-state index contributed by atoms with van der Waals surface area (Å²) in [5.74, 6) is 0.531. The first kappa shape index (κ1) is 9.25. The van der Waals surface area contributed by atoms with Gasteiger partial charge in [0.25, 0.3) is 0 Å². The molecule has 0 radical (unpaired) electrons. The standard InChI is InChI=1S/C12H15NO/c1-7(2)11-9-6-8(3)4-5-10(9)13-12(11)14/h4-7,11H,1-3H3,(H,13,14)/t11-/m1/s1. The molecule has 0 fully saturated rings. The summed E-state index contributed by atoms with van der Waals surface area (Å²) in [6, 6.07) is 6.13. The second-order valence-corrected chi connectivity index (χ2v) is 4.30. The van der Waals surface area contributed by atoms with E-state index in [1.807, 2.05) is 12.1 Å². The molecule has 1 aliphatic rings. The minimum Gasteiger partial charge on any atom is -0.325 e. The zero-order valence-corrected chi connectivity index (χ0v) is 8.79. The van der Waals surface area contributed by atoms with Gasteiger partial charge >= 0.3 is 0 Å². The number of aryl methyl sites for hydroxylation is 1. The van der Waals surface area contributed by atoms with Gasteiger partial charge in [-0.25, -0.2) is 0 Å². The van der Waals surface area contributed by atoms with Crippen molar-refractivity contribution in [3.63, 3.8) is 0 Å². The van der Waals surface area contributed by atoms with E-state index in [0.29, 0.717) is 5.92 Å². The Hall–Kier alpha value is -1.31. The number of hydrogen-bond donors (Lipinski definition) is 1. The maximum Gasteiger partial charge on any atom is 0.232 e. The summed E-state index contributed by atoms with van der Waals surface area (Å²) in [4.78, 5) is 11.7. The van der Waals surface area contributed by atoms with Gasteiger partial charge in [0, 0.05) is 5.69 Å². The molecule has 2 nitrogen and oxygen atoms in total. The van der Waals surface area contributed by atoms with Crippen molar-refractivity contribution in [1.82, 2.24) is 0 Å². The van der Waals surface area contributed by atoms with Gasteiger partial charge in [-0.05, 0) is 24.5 Å². The Morgan fingerprint density at radius 3 is 2.71 bits per heavy atom. The lowest BCUT2D eigenvalue weighted by atomic mass is 9.89. The number of fused-ring (bicyclic) bond motifs is 1. The fraction of sp³-hybridized carbons (Fsp3) is 0.417. The monoisotopic (exact) mass is 189 g/mol. The van der Waals surface area contributed by atoms with Crippen LogP contribution in [0.25, 0.3) is 0 Å². The first-order chi connectivity index (χ1) is 6.59. The third kappa shape index (κ3) is 1.31. The lowest BCUT2D eigenvalue weighted by Crippen LogP contribution is -2.16. The van der Waals surface area contributed by atoms with Gasteiger partial charge in [-0.3, -0.25) is 4.79 Å². The summed E-state index contributed by atoms with van der Waals surface area (Å²) in [6.45, 7) is 6.23. The fourth-order valence-corrected chi connectivity index (χ4v) is 2.07. The summed E-state index contributed by atoms with van der Waals surface area (Å²) in [5.41, 5.74) is 3.36. The molecular weight excluding hydrogens is 174 g/mol. The Balaban J connectivity index is 2.50. The molecule has 0 saturated carbocycles. The van der Waals surface area contributed by atoms with E-state index in [4.69, 9.17) is 0 Å². The molecule has 1 aromatic rings. The van der Waals surface area contributed by atoms with Crippen LogP contribution in [0, 0.1) is 12.8 Å². The molecule has 2 rings (SSSR count). The Morgan fingerprint density at radius 2 is 2.07 bits per heavy atom. The quantitative estimate of drug-likeness (QED) is 0.723. The highest BCUT2D eigenvalue weighted by atomic mass is 16.2. The topological polar surface area (TPSA) is 29.1 Å². The molecule has 1 heterocycles. The van der Waals surface area contributed by atoms with Crippen molar-refractivity contribution >= 4 is 11.6 Å². The molecule has 0 unspecified atom stereocenters. The van der Waals surface area contributed by atoms with E-state index in [2.05, 4.69) is 32.2 Å². The van der Waals surface area contributed by atoms with Gasteiger partial charge in [-0.15, -0.1) is 0 Å². The minimum absolute atomic E-state index is 0.0323. The van der Waals surface area contributed by atoms with Crippen molar-refractivity contribution in [3.8, 4) is 0 Å². The number of hydrogen-bond acceptors (Lipinski definition) is 1. The Kier molecular flexibility index (Phi) is 2.06. The summed E-state index contributed by atoms with van der Waals surface area (Å²) < 4.78 is 0. The average molecular weight is 189 g/mol. The Morgan fingerprint density at radius 1 is 1.36 bits per heavy atom. The van der Waals surface area contributed by atoms with Crippen LogP contribution in [0.2, 0.25) is 0 Å². The molecule has 14 heavy (non-hydrogen) atoms. The van der Waals surface area contributed by atoms with Crippen LogP contribution in [0.4, 0.5) is 5.69 Å². The Bertz CT molecular complexity index is 382. The molecule has 2 heteroatoms. The number of anilines is 1. The van der Waals surface area contributed by atoms with Crippen molar-refractivity contribution in [3.05, 3.63) is 29.3 Å². The van der Waals surface area contributed by atoms with Gasteiger partial charge in [0.2, 0.25) is 5.91 Å². The second-order valence-electron chi connectivity index (χ2n) is 4.30. The van der Waals surface area contributed by atoms with Crippen molar-refractivity contribution in [2.45, 2.75) is 26.7 Å². The summed E-state index contributed by atoms with van der Waals surface area (Å²) in [7, 11) is 0. The zero-order chi connectivity index (χ0) is 10.3. The molecule has 1 N–H and O–H groups in total. The SMILES string of the molecule is Cc1ccc2c(c1)[C@@H](C(C)C)C(=O)N2. The molecule has 0 saturated heterocycles. The van der Waals surface area contributed by atoms with Crippen molar-refractivity contribution < 1.29 is 4.79 Å². The molecule has 0 bridgehead atoms. The Labute approximate surface area is 84.3 Å². The van der Waals surface area contributed by atoms with E-state index in [1.165, 1.54) is 5.56 Å². The summed E-state index contributed by atoms with van der Waals surface area (Å²) in [5, 5.41) is 2.92. The summed E-state index contributed by atoms with van der Waals surface area (Å²) >= 11 is 0. The third-order valence-electron chi connectivity index (χ3n) is 2.75. The van der Waals surface area contributed by atoms with E-state index in [0.717, 1.165) is 11.3 Å². The highest BCUT2D eigenvalue weighted by Gasteiger charge is 2.32. The predicted octanol–water partition coefficient (Wildman–Crippen LogP) is 2.69. The molecule has 74 valence electrons. The van der Waals surface area contributed by atoms with Gasteiger partial charge < -0.3 is 5.32 Å². The van der Waals surface area contributed by atoms with E-state index >= 15 is 0 Å². The largest absolute Gasteiger partial charge is 0.325 e. The van der Waals surface area contributed by atoms with Gasteiger partial charge in [0.1, 0.15) is 0 Å². The van der Waals surface area contributed by atoms with Crippen LogP contribution in [-0.2, 0) is 4.79 Å². The van der Waals surface area contributed by atoms with E-state index in [1.54, 1.807) is 0 Å². The first-order valence-corrected chi connectivity index (χ1v) is 5.01. The maximum absolute atomic E-state index is 11.7. The second kappa shape index (κ2) is 3.12. The number of benzene rings is 1. The minimum atomic E-state index is 0.0323. The smallest absolute Gasteiger partial charge is 0.232 e. The molecule has 1 aromatic carbocycles. The number of carbonyl (C=O) groups is 1. The molecule has 0 aliphatic carbocycles. The van der Waals surface area contributed by atoms with Gasteiger partial charge in [-0.2, -0.15) is 0 Å². The molecule has 1 atom stereocenters. The van der Waals surface area contributed by atoms with Crippen LogP contribution in [0.15, 0.2) is 18.2 Å². The maximum atomic E-state index is 11.7. The van der Waals surface area contributed by atoms with Crippen molar-refractivity contribution in [1.29, 1.82) is 0 Å². The average Bonchev–Trinajstić information content (AvgIpc) is 2.40. The van der Waals surface area contributed by atoms with Gasteiger partial charge in [0.05, 0.1) is 5.92 Å². The highest BCUT2D eigenvalue weighted by Crippen LogP contribution is 2.37. The van der Waals surface area contributed by atoms with Crippen molar-refractivity contribution in [2.24, 2.45) is 5.92 Å². The molecule has 0 spiro atoms. The lowest BCUT2D eigenvalue weighted by Gasteiger charge is -2.12. The predicted molar refractivity (Wildman–Crippen MR) is 57.4 cm³/mol. The number of rotatable bonds is 1. The highest BCUT2D eigenvalue weighted by molar-refractivity contribution is 6.03. The van der Waals surface area contributed by atoms with Crippen molar-refractivity contribution in [2.75, 3.05) is 5.32 Å². The van der Waals surface area contributed by atoms with Gasteiger partial charge in [0.15, 0.2) is 0 Å². The van der Waals surface area contributed by atoms with Crippen LogP contribution >= 0.6 is 0 Å². The number of amides is 1. The number of nitrogens with one attached hydrogen (secondary N) is 1. The van der Waals surface area contributed by atoms with Crippen LogP contribution in [0.5, 0.6) is 0 Å². The normalized spacial score (nSPS) is 19.7. The van der Waals surface area contributed by atoms with E-state index < -0.39 is 0 Å². The zero-order valence-electron chi connectivity index (χ0n) is 8.79. The van der Waals surface area contributed by atoms with Gasteiger partial charge in [-0.1, -0.05) is 31.5 Å². The summed E-state index contributed by atoms with van der Waals surface area (Å²) in [6.07, 6.45) is 0. The molecule has 0 aromatic heterocycles. The van der Waals surface area contributed by atoms with Crippen LogP contribution in [0.1, 0.15) is 30.9 Å². The molecule has 1 aliphatic heterocycles.